The topological polar surface area (TPSA) is 83.6 Å². The van der Waals surface area contributed by atoms with Crippen LogP contribution in [0.1, 0.15) is 62.3 Å². The predicted octanol–water partition coefficient (Wildman–Crippen LogP) is 1.81. The van der Waals surface area contributed by atoms with E-state index in [1.165, 1.54) is 0 Å². The molecule has 0 aromatic heterocycles. The molecule has 1 rings (SSSR count). The second-order valence-electron chi connectivity index (χ2n) is 5.45. The Kier molecular flexibility index (Phi) is 5.09. The first kappa shape index (κ1) is 15.7. The number of benzene rings is 1. The normalized spacial score (nSPS) is 14.7. The molecule has 106 valence electrons. The molecule has 1 aromatic rings. The Morgan fingerprint density at radius 1 is 1.05 bits per heavy atom. The third kappa shape index (κ3) is 3.33. The Bertz CT molecular complexity index is 428. The van der Waals surface area contributed by atoms with Gasteiger partial charge in [0.2, 0.25) is 5.91 Å². The van der Waals surface area contributed by atoms with Crippen LogP contribution in [0.25, 0.3) is 0 Å². The Balaban J connectivity index is 3.40. The van der Waals surface area contributed by atoms with Crippen LogP contribution in [-0.2, 0) is 4.79 Å². The van der Waals surface area contributed by atoms with Crippen molar-refractivity contribution in [1.82, 2.24) is 0 Å². The third-order valence-electron chi connectivity index (χ3n) is 3.30. The smallest absolute Gasteiger partial charge is 0.249 e. The van der Waals surface area contributed by atoms with Gasteiger partial charge in [0, 0.05) is 0 Å². The SMILES string of the molecule is CC(C)c1cccc(C(C)C)c1C(O)C(O)C(N)=O. The first-order chi connectivity index (χ1) is 8.77. The van der Waals surface area contributed by atoms with E-state index in [4.69, 9.17) is 5.73 Å². The molecule has 0 aliphatic carbocycles. The average Bonchev–Trinajstić information content (AvgIpc) is 2.35. The van der Waals surface area contributed by atoms with Crippen LogP contribution in [0.5, 0.6) is 0 Å². The predicted molar refractivity (Wildman–Crippen MR) is 74.8 cm³/mol. The first-order valence-corrected chi connectivity index (χ1v) is 6.55. The third-order valence-corrected chi connectivity index (χ3v) is 3.30. The van der Waals surface area contributed by atoms with Gasteiger partial charge in [-0.05, 0) is 28.5 Å². The highest BCUT2D eigenvalue weighted by Gasteiger charge is 2.28. The number of aliphatic hydroxyl groups excluding tert-OH is 2. The molecule has 2 unspecified atom stereocenters. The van der Waals surface area contributed by atoms with Gasteiger partial charge in [-0.3, -0.25) is 4.79 Å². The summed E-state index contributed by atoms with van der Waals surface area (Å²) in [6, 6.07) is 5.74. The molecule has 0 fully saturated rings. The minimum Gasteiger partial charge on any atom is -0.385 e. The molecular weight excluding hydrogens is 242 g/mol. The molecule has 19 heavy (non-hydrogen) atoms. The lowest BCUT2D eigenvalue weighted by atomic mass is 9.84. The van der Waals surface area contributed by atoms with Crippen molar-refractivity contribution in [2.24, 2.45) is 5.73 Å². The molecule has 0 spiro atoms. The van der Waals surface area contributed by atoms with E-state index in [0.717, 1.165) is 11.1 Å². The number of rotatable bonds is 5. The molecule has 0 radical (unpaired) electrons. The van der Waals surface area contributed by atoms with E-state index in [2.05, 4.69) is 0 Å². The number of carbonyl (C=O) groups excluding carboxylic acids is 1. The van der Waals surface area contributed by atoms with E-state index < -0.39 is 18.1 Å². The zero-order chi connectivity index (χ0) is 14.7. The Morgan fingerprint density at radius 3 is 1.79 bits per heavy atom. The van der Waals surface area contributed by atoms with E-state index >= 15 is 0 Å². The van der Waals surface area contributed by atoms with Gasteiger partial charge in [0.05, 0.1) is 0 Å². The lowest BCUT2D eigenvalue weighted by Gasteiger charge is -2.25. The quantitative estimate of drug-likeness (QED) is 0.759. The highest BCUT2D eigenvalue weighted by Crippen LogP contribution is 2.33. The molecule has 1 amide bonds. The number of amides is 1. The van der Waals surface area contributed by atoms with Crippen LogP contribution in [0.2, 0.25) is 0 Å². The molecule has 0 aliphatic heterocycles. The zero-order valence-electron chi connectivity index (χ0n) is 11.9. The summed E-state index contributed by atoms with van der Waals surface area (Å²) in [5.74, 6) is -0.549. The molecule has 2 atom stereocenters. The molecule has 0 saturated heterocycles. The van der Waals surface area contributed by atoms with Crippen molar-refractivity contribution in [3.05, 3.63) is 34.9 Å². The van der Waals surface area contributed by atoms with Crippen LogP contribution in [0.4, 0.5) is 0 Å². The van der Waals surface area contributed by atoms with Gasteiger partial charge in [-0.25, -0.2) is 0 Å². The van der Waals surface area contributed by atoms with Crippen LogP contribution < -0.4 is 5.73 Å². The van der Waals surface area contributed by atoms with Crippen LogP contribution in [-0.4, -0.2) is 22.2 Å². The number of hydrogen-bond donors (Lipinski definition) is 3. The summed E-state index contributed by atoms with van der Waals surface area (Å²) in [5.41, 5.74) is 7.56. The van der Waals surface area contributed by atoms with Gasteiger partial charge in [-0.2, -0.15) is 0 Å². The average molecular weight is 265 g/mol. The lowest BCUT2D eigenvalue weighted by molar-refractivity contribution is -0.132. The highest BCUT2D eigenvalue weighted by molar-refractivity contribution is 5.79. The molecule has 0 heterocycles. The highest BCUT2D eigenvalue weighted by atomic mass is 16.3. The summed E-state index contributed by atoms with van der Waals surface area (Å²) < 4.78 is 0. The van der Waals surface area contributed by atoms with Crippen LogP contribution in [0, 0.1) is 0 Å². The van der Waals surface area contributed by atoms with Crippen molar-refractivity contribution in [1.29, 1.82) is 0 Å². The summed E-state index contributed by atoms with van der Waals surface area (Å²) in [6.07, 6.45) is -2.87. The maximum Gasteiger partial charge on any atom is 0.249 e. The Morgan fingerprint density at radius 2 is 1.47 bits per heavy atom. The zero-order valence-corrected chi connectivity index (χ0v) is 11.9. The van der Waals surface area contributed by atoms with Crippen LogP contribution in [0.3, 0.4) is 0 Å². The number of hydrogen-bond acceptors (Lipinski definition) is 3. The van der Waals surface area contributed by atoms with Crippen molar-refractivity contribution in [3.8, 4) is 0 Å². The molecule has 0 saturated carbocycles. The summed E-state index contributed by atoms with van der Waals surface area (Å²) in [5, 5.41) is 20.0. The molecule has 1 aromatic carbocycles. The van der Waals surface area contributed by atoms with Crippen LogP contribution >= 0.6 is 0 Å². The van der Waals surface area contributed by atoms with Crippen molar-refractivity contribution in [3.63, 3.8) is 0 Å². The maximum atomic E-state index is 11.1. The minimum absolute atomic E-state index is 0.184. The first-order valence-electron chi connectivity index (χ1n) is 6.55. The number of nitrogens with two attached hydrogens (primary N) is 1. The van der Waals surface area contributed by atoms with E-state index in [-0.39, 0.29) is 11.8 Å². The molecule has 4 heteroatoms. The number of primary amides is 1. The summed E-state index contributed by atoms with van der Waals surface area (Å²) in [7, 11) is 0. The number of aliphatic hydroxyl groups is 2. The fourth-order valence-electron chi connectivity index (χ4n) is 2.26. The second kappa shape index (κ2) is 6.17. The fourth-order valence-corrected chi connectivity index (χ4v) is 2.26. The Hall–Kier alpha value is -1.39. The van der Waals surface area contributed by atoms with E-state index in [1.54, 1.807) is 0 Å². The summed E-state index contributed by atoms with van der Waals surface area (Å²) >= 11 is 0. The lowest BCUT2D eigenvalue weighted by Crippen LogP contribution is -2.35. The molecule has 4 nitrogen and oxygen atoms in total. The van der Waals surface area contributed by atoms with Gasteiger partial charge in [0.25, 0.3) is 0 Å². The minimum atomic E-state index is -1.59. The van der Waals surface area contributed by atoms with Crippen molar-refractivity contribution < 1.29 is 15.0 Å². The van der Waals surface area contributed by atoms with Crippen molar-refractivity contribution in [2.45, 2.75) is 51.7 Å². The van der Waals surface area contributed by atoms with E-state index in [0.29, 0.717) is 5.56 Å². The van der Waals surface area contributed by atoms with E-state index in [9.17, 15) is 15.0 Å². The van der Waals surface area contributed by atoms with Crippen LogP contribution in [0.15, 0.2) is 18.2 Å². The van der Waals surface area contributed by atoms with Crippen molar-refractivity contribution in [2.75, 3.05) is 0 Å². The van der Waals surface area contributed by atoms with Crippen molar-refractivity contribution >= 4 is 5.91 Å². The van der Waals surface area contributed by atoms with Gasteiger partial charge in [-0.1, -0.05) is 45.9 Å². The molecular formula is C15H23NO3. The van der Waals surface area contributed by atoms with Gasteiger partial charge >= 0.3 is 0 Å². The molecule has 4 N–H and O–H groups in total. The molecule has 0 aliphatic rings. The summed E-state index contributed by atoms with van der Waals surface area (Å²) in [4.78, 5) is 11.1. The standard InChI is InChI=1S/C15H23NO3/c1-8(2)10-6-5-7-11(9(3)4)12(10)13(17)14(18)15(16)19/h5-9,13-14,17-18H,1-4H3,(H2,16,19). The van der Waals surface area contributed by atoms with Gasteiger partial charge in [-0.15, -0.1) is 0 Å². The molecule has 0 bridgehead atoms. The fraction of sp³-hybridized carbons (Fsp3) is 0.533. The van der Waals surface area contributed by atoms with E-state index in [1.807, 2.05) is 45.9 Å². The van der Waals surface area contributed by atoms with Gasteiger partial charge in [0.1, 0.15) is 6.10 Å². The summed E-state index contributed by atoms with van der Waals surface area (Å²) in [6.45, 7) is 8.03. The van der Waals surface area contributed by atoms with Gasteiger partial charge < -0.3 is 15.9 Å². The van der Waals surface area contributed by atoms with Gasteiger partial charge in [0.15, 0.2) is 6.10 Å². The second-order valence-corrected chi connectivity index (χ2v) is 5.45. The largest absolute Gasteiger partial charge is 0.385 e. The monoisotopic (exact) mass is 265 g/mol. The number of carbonyl (C=O) groups is 1. The maximum absolute atomic E-state index is 11.1. The Labute approximate surface area is 114 Å².